The lowest BCUT2D eigenvalue weighted by molar-refractivity contribution is -0.387. The Hall–Kier alpha value is -4.79. The number of ether oxygens (including phenoxy) is 1. The molecule has 0 unspecified atom stereocenters. The Morgan fingerprint density at radius 3 is 2.39 bits per heavy atom. The normalized spacial score (nSPS) is 18.8. The molecule has 7 rings (SSSR count). The van der Waals surface area contributed by atoms with Crippen LogP contribution in [0.4, 0.5) is 11.4 Å². The minimum absolute atomic E-state index is 0.0168. The Balaban J connectivity index is 1.10. The van der Waals surface area contributed by atoms with Gasteiger partial charge in [0.05, 0.1) is 22.3 Å². The van der Waals surface area contributed by atoms with Crippen molar-refractivity contribution in [3.05, 3.63) is 99.9 Å². The number of sulfonamides is 1. The average Bonchev–Trinajstić information content (AvgIpc) is 3.84. The fraction of sp³-hybridized carbons (Fsp3) is 0.312. The van der Waals surface area contributed by atoms with Crippen LogP contribution >= 0.6 is 0 Å². The van der Waals surface area contributed by atoms with Crippen molar-refractivity contribution in [2.75, 3.05) is 38.0 Å². The van der Waals surface area contributed by atoms with E-state index >= 15 is 0 Å². The zero-order valence-electron chi connectivity index (χ0n) is 24.8. The number of carbonyl (C=O) groups is 1. The number of fused-ring (bicyclic) bond motifs is 1. The van der Waals surface area contributed by atoms with E-state index in [1.54, 1.807) is 24.3 Å². The first-order valence-electron chi connectivity index (χ1n) is 15.2. The third-order valence-corrected chi connectivity index (χ3v) is 10.7. The van der Waals surface area contributed by atoms with Crippen LogP contribution in [0.2, 0.25) is 0 Å². The third-order valence-electron chi connectivity index (χ3n) is 8.77. The fourth-order valence-electron chi connectivity index (χ4n) is 6.31. The van der Waals surface area contributed by atoms with Gasteiger partial charge in [-0.25, -0.2) is 17.9 Å². The first-order chi connectivity index (χ1) is 22.2. The Labute approximate surface area is 265 Å². The molecule has 1 saturated carbocycles. The Morgan fingerprint density at radius 2 is 1.70 bits per heavy atom. The number of piperazine rings is 1. The molecule has 13 nitrogen and oxygen atoms in total. The number of carboxylic acids is 1. The summed E-state index contributed by atoms with van der Waals surface area (Å²) in [5, 5.41) is 29.7. The summed E-state index contributed by atoms with van der Waals surface area (Å²) >= 11 is 0. The molecule has 0 amide bonds. The van der Waals surface area contributed by atoms with Crippen LogP contribution in [0.3, 0.4) is 0 Å². The second-order valence-corrected chi connectivity index (χ2v) is 13.6. The first-order valence-corrected chi connectivity index (χ1v) is 16.6. The monoisotopic (exact) mass is 644 g/mol. The van der Waals surface area contributed by atoms with Gasteiger partial charge in [-0.15, -0.1) is 0 Å². The lowest BCUT2D eigenvalue weighted by Gasteiger charge is -2.39. The van der Waals surface area contributed by atoms with Crippen LogP contribution in [0.15, 0.2) is 77.7 Å². The maximum atomic E-state index is 13.3. The summed E-state index contributed by atoms with van der Waals surface area (Å²) in [5.41, 5.74) is 2.41. The van der Waals surface area contributed by atoms with E-state index in [1.165, 1.54) is 51.7 Å². The molecule has 1 atom stereocenters. The maximum absolute atomic E-state index is 13.3. The van der Waals surface area contributed by atoms with Crippen molar-refractivity contribution in [2.45, 2.75) is 36.1 Å². The Bertz CT molecular complexity index is 1920. The van der Waals surface area contributed by atoms with E-state index in [1.807, 2.05) is 12.1 Å². The predicted octanol–water partition coefficient (Wildman–Crippen LogP) is 5.01. The number of aromatic nitrogens is 2. The fourth-order valence-corrected chi connectivity index (χ4v) is 7.89. The highest BCUT2D eigenvalue weighted by Gasteiger charge is 2.39. The van der Waals surface area contributed by atoms with Crippen LogP contribution in [-0.4, -0.2) is 76.1 Å². The number of hydrogen-bond acceptors (Lipinski definition) is 9. The summed E-state index contributed by atoms with van der Waals surface area (Å²) in [6.45, 7) is 1.49. The molecule has 14 heteroatoms. The van der Waals surface area contributed by atoms with Crippen molar-refractivity contribution in [1.82, 2.24) is 19.0 Å². The number of hydrogen-bond donors (Lipinski definition) is 2. The SMILES string of the molecule is O=C(O)c1c2c(nn1-c1ccc(Oc3cccc(C4CC4)c3)cc1)[C@H](N1CCN(S(=O)(=O)c3ccccc3[N+](=O)[O-])CC1)CCN2. The quantitative estimate of drug-likeness (QED) is 0.187. The van der Waals surface area contributed by atoms with Crippen LogP contribution < -0.4 is 10.1 Å². The number of aromatic carboxylic acids is 1. The molecule has 1 aliphatic carbocycles. The molecule has 1 saturated heterocycles. The Kier molecular flexibility index (Phi) is 7.71. The summed E-state index contributed by atoms with van der Waals surface area (Å²) in [6, 6.07) is 20.3. The number of benzene rings is 3. The van der Waals surface area contributed by atoms with Gasteiger partial charge in [-0.05, 0) is 73.2 Å². The number of nitrogens with one attached hydrogen (secondary N) is 1. The second kappa shape index (κ2) is 11.9. The lowest BCUT2D eigenvalue weighted by Crippen LogP contribution is -2.50. The van der Waals surface area contributed by atoms with Crippen LogP contribution in [0.25, 0.3) is 5.69 Å². The number of rotatable bonds is 9. The van der Waals surface area contributed by atoms with Crippen LogP contribution in [0.1, 0.15) is 53.0 Å². The van der Waals surface area contributed by atoms with Crippen molar-refractivity contribution in [2.24, 2.45) is 0 Å². The number of nitrogens with zero attached hydrogens (tertiary/aromatic N) is 5. The van der Waals surface area contributed by atoms with Gasteiger partial charge in [0.25, 0.3) is 5.69 Å². The number of nitro benzene ring substituents is 1. The molecule has 3 aliphatic rings. The highest BCUT2D eigenvalue weighted by Crippen LogP contribution is 2.42. The molecule has 2 fully saturated rings. The van der Waals surface area contributed by atoms with E-state index in [9.17, 15) is 28.4 Å². The summed E-state index contributed by atoms with van der Waals surface area (Å²) in [7, 11) is -4.08. The van der Waals surface area contributed by atoms with E-state index in [0.29, 0.717) is 54.8 Å². The predicted molar refractivity (Wildman–Crippen MR) is 168 cm³/mol. The topological polar surface area (TPSA) is 160 Å². The van der Waals surface area contributed by atoms with Gasteiger partial charge in [0, 0.05) is 38.8 Å². The average molecular weight is 645 g/mol. The standard InChI is InChI=1S/C32H32N6O7S/c39-32(40)31-30-29(34-37(31)23-10-12-24(13-11-23)45-25-5-3-4-22(20-25)21-8-9-21)27(14-15-33-30)35-16-18-36(19-17-35)46(43,44)28-7-2-1-6-26(28)38(41)42/h1-7,10-13,20-21,27,33H,8-9,14-19H2,(H,39,40)/t27-/m1/s1. The van der Waals surface area contributed by atoms with Gasteiger partial charge in [0.15, 0.2) is 10.6 Å². The molecule has 3 heterocycles. The van der Waals surface area contributed by atoms with E-state index in [4.69, 9.17) is 9.84 Å². The van der Waals surface area contributed by atoms with Gasteiger partial charge in [0.1, 0.15) is 17.2 Å². The van der Waals surface area contributed by atoms with Gasteiger partial charge in [-0.1, -0.05) is 24.3 Å². The zero-order valence-corrected chi connectivity index (χ0v) is 25.6. The van der Waals surface area contributed by atoms with Crippen molar-refractivity contribution in [3.8, 4) is 17.2 Å². The summed E-state index contributed by atoms with van der Waals surface area (Å²) in [5.74, 6) is 0.855. The number of nitro groups is 1. The van der Waals surface area contributed by atoms with Crippen LogP contribution in [-0.2, 0) is 10.0 Å². The lowest BCUT2D eigenvalue weighted by atomic mass is 10.0. The zero-order chi connectivity index (χ0) is 32.0. The molecule has 2 aliphatic heterocycles. The van der Waals surface area contributed by atoms with Gasteiger partial charge in [-0.3, -0.25) is 15.0 Å². The smallest absolute Gasteiger partial charge is 0.356 e. The molecule has 3 aromatic carbocycles. The van der Waals surface area contributed by atoms with Crippen molar-refractivity contribution in [3.63, 3.8) is 0 Å². The molecule has 1 aromatic heterocycles. The maximum Gasteiger partial charge on any atom is 0.356 e. The summed E-state index contributed by atoms with van der Waals surface area (Å²) in [6.07, 6.45) is 3.05. The summed E-state index contributed by atoms with van der Waals surface area (Å²) in [4.78, 5) is 25.1. The highest BCUT2D eigenvalue weighted by molar-refractivity contribution is 7.89. The van der Waals surface area contributed by atoms with Gasteiger partial charge in [-0.2, -0.15) is 9.40 Å². The molecule has 46 heavy (non-hydrogen) atoms. The van der Waals surface area contributed by atoms with Crippen LogP contribution in [0.5, 0.6) is 11.5 Å². The number of para-hydroxylation sites is 1. The molecule has 0 radical (unpaired) electrons. The summed E-state index contributed by atoms with van der Waals surface area (Å²) < 4.78 is 35.5. The van der Waals surface area contributed by atoms with Crippen LogP contribution in [0, 0.1) is 10.1 Å². The Morgan fingerprint density at radius 1 is 0.957 bits per heavy atom. The molecular weight excluding hydrogens is 612 g/mol. The van der Waals surface area contributed by atoms with Crippen molar-refractivity contribution in [1.29, 1.82) is 0 Å². The third kappa shape index (κ3) is 5.59. The molecule has 4 aromatic rings. The molecule has 0 bridgehead atoms. The van der Waals surface area contributed by atoms with E-state index in [0.717, 1.165) is 5.75 Å². The number of anilines is 1. The molecule has 0 spiro atoms. The van der Waals surface area contributed by atoms with Gasteiger partial charge >= 0.3 is 5.97 Å². The minimum Gasteiger partial charge on any atom is -0.476 e. The number of carboxylic acid groups (broad SMARTS) is 1. The van der Waals surface area contributed by atoms with E-state index < -0.39 is 26.6 Å². The van der Waals surface area contributed by atoms with Gasteiger partial charge in [0.2, 0.25) is 10.0 Å². The molecule has 238 valence electrons. The van der Waals surface area contributed by atoms with Crippen molar-refractivity contribution < 1.29 is 28.0 Å². The molecule has 2 N–H and O–H groups in total. The van der Waals surface area contributed by atoms with E-state index in [-0.39, 0.29) is 29.7 Å². The largest absolute Gasteiger partial charge is 0.476 e. The highest BCUT2D eigenvalue weighted by atomic mass is 32.2. The van der Waals surface area contributed by atoms with Gasteiger partial charge < -0.3 is 15.2 Å². The van der Waals surface area contributed by atoms with E-state index in [2.05, 4.69) is 22.3 Å². The molecular formula is C32H32N6O7S. The first kappa shape index (κ1) is 29.9. The minimum atomic E-state index is -4.08. The van der Waals surface area contributed by atoms with Crippen molar-refractivity contribution >= 4 is 27.4 Å². The second-order valence-electron chi connectivity index (χ2n) is 11.7.